The van der Waals surface area contributed by atoms with Crippen LogP contribution in [-0.4, -0.2) is 18.3 Å². The lowest BCUT2D eigenvalue weighted by Gasteiger charge is -2.36. The molecule has 112 valence electrons. The maximum Gasteiger partial charge on any atom is 0.220 e. The summed E-state index contributed by atoms with van der Waals surface area (Å²) in [5.74, 6) is 1.24. The number of nitrogens with one attached hydrogen (secondary N) is 1. The van der Waals surface area contributed by atoms with Gasteiger partial charge in [-0.3, -0.25) is 4.79 Å². The third-order valence-electron chi connectivity index (χ3n) is 4.83. The predicted molar refractivity (Wildman–Crippen MR) is 82.5 cm³/mol. The molecule has 0 aromatic carbocycles. The minimum Gasteiger partial charge on any atom is -0.355 e. The van der Waals surface area contributed by atoms with Gasteiger partial charge in [-0.1, -0.05) is 47.0 Å². The fourth-order valence-corrected chi connectivity index (χ4v) is 2.96. The molecule has 2 nitrogen and oxygen atoms in total. The van der Waals surface area contributed by atoms with E-state index in [-0.39, 0.29) is 16.7 Å². The summed E-state index contributed by atoms with van der Waals surface area (Å²) >= 11 is 6.15. The van der Waals surface area contributed by atoms with Gasteiger partial charge in [0.15, 0.2) is 0 Å². The standard InChI is InChI=1S/C16H30ClNO/c1-13(15(2,3)4)10-14(19)18-12-16(11-17)8-6-5-7-9-16/h13H,5-12H2,1-4H3,(H,18,19). The Morgan fingerprint density at radius 2 is 1.84 bits per heavy atom. The highest BCUT2D eigenvalue weighted by molar-refractivity contribution is 6.18. The Kier molecular flexibility index (Phi) is 6.16. The van der Waals surface area contributed by atoms with Crippen LogP contribution in [0.15, 0.2) is 0 Å². The van der Waals surface area contributed by atoms with Crippen molar-refractivity contribution in [3.8, 4) is 0 Å². The SMILES string of the molecule is CC(CC(=O)NCC1(CCl)CCCCC1)C(C)(C)C. The van der Waals surface area contributed by atoms with Crippen LogP contribution in [0.2, 0.25) is 0 Å². The van der Waals surface area contributed by atoms with Gasteiger partial charge in [0.2, 0.25) is 5.91 Å². The maximum absolute atomic E-state index is 12.0. The van der Waals surface area contributed by atoms with Gasteiger partial charge in [0, 0.05) is 24.3 Å². The zero-order chi connectivity index (χ0) is 14.5. The van der Waals surface area contributed by atoms with Crippen molar-refractivity contribution in [2.45, 2.75) is 66.2 Å². The molecule has 1 aliphatic rings. The first-order chi connectivity index (χ1) is 8.79. The number of hydrogen-bond acceptors (Lipinski definition) is 1. The highest BCUT2D eigenvalue weighted by Gasteiger charge is 2.32. The molecule has 1 N–H and O–H groups in total. The Bertz CT molecular complexity index is 290. The van der Waals surface area contributed by atoms with E-state index < -0.39 is 0 Å². The van der Waals surface area contributed by atoms with Crippen molar-refractivity contribution in [1.82, 2.24) is 5.32 Å². The zero-order valence-corrected chi connectivity index (χ0v) is 13.8. The molecule has 0 aromatic heterocycles. The molecule has 0 saturated heterocycles. The number of carbonyl (C=O) groups is 1. The second-order valence-electron chi connectivity index (χ2n) is 7.44. The van der Waals surface area contributed by atoms with Gasteiger partial charge < -0.3 is 5.32 Å². The van der Waals surface area contributed by atoms with E-state index in [4.69, 9.17) is 11.6 Å². The smallest absolute Gasteiger partial charge is 0.220 e. The summed E-state index contributed by atoms with van der Waals surface area (Å²) in [4.78, 5) is 12.0. The molecule has 19 heavy (non-hydrogen) atoms. The second-order valence-corrected chi connectivity index (χ2v) is 7.71. The van der Waals surface area contributed by atoms with E-state index in [1.807, 2.05) is 0 Å². The molecular weight excluding hydrogens is 258 g/mol. The largest absolute Gasteiger partial charge is 0.355 e. The molecule has 1 aliphatic carbocycles. The minimum atomic E-state index is 0.153. The van der Waals surface area contributed by atoms with Crippen molar-refractivity contribution in [3.05, 3.63) is 0 Å². The van der Waals surface area contributed by atoms with Crippen molar-refractivity contribution in [3.63, 3.8) is 0 Å². The monoisotopic (exact) mass is 287 g/mol. The van der Waals surface area contributed by atoms with Crippen LogP contribution in [0.1, 0.15) is 66.2 Å². The van der Waals surface area contributed by atoms with E-state index in [1.165, 1.54) is 19.3 Å². The fraction of sp³-hybridized carbons (Fsp3) is 0.938. The van der Waals surface area contributed by atoms with E-state index in [2.05, 4.69) is 33.0 Å². The van der Waals surface area contributed by atoms with Crippen molar-refractivity contribution in [2.24, 2.45) is 16.7 Å². The van der Waals surface area contributed by atoms with Crippen molar-refractivity contribution >= 4 is 17.5 Å². The number of amides is 1. The topological polar surface area (TPSA) is 29.1 Å². The van der Waals surface area contributed by atoms with Crippen LogP contribution >= 0.6 is 11.6 Å². The van der Waals surface area contributed by atoms with Crippen LogP contribution in [0.25, 0.3) is 0 Å². The van der Waals surface area contributed by atoms with Gasteiger partial charge in [-0.15, -0.1) is 11.6 Å². The van der Waals surface area contributed by atoms with E-state index in [0.29, 0.717) is 18.2 Å². The van der Waals surface area contributed by atoms with E-state index in [1.54, 1.807) is 0 Å². The van der Waals surface area contributed by atoms with Crippen LogP contribution in [-0.2, 0) is 4.79 Å². The lowest BCUT2D eigenvalue weighted by atomic mass is 9.75. The molecule has 0 aliphatic heterocycles. The first kappa shape index (κ1) is 16.8. The first-order valence-electron chi connectivity index (χ1n) is 7.62. The van der Waals surface area contributed by atoms with Crippen molar-refractivity contribution in [2.75, 3.05) is 12.4 Å². The lowest BCUT2D eigenvalue weighted by Crippen LogP contribution is -2.41. The summed E-state index contributed by atoms with van der Waals surface area (Å²) in [6.07, 6.45) is 6.74. The number of alkyl halides is 1. The molecule has 0 spiro atoms. The number of hydrogen-bond donors (Lipinski definition) is 1. The van der Waals surface area contributed by atoms with Crippen LogP contribution < -0.4 is 5.32 Å². The Labute approximate surface area is 123 Å². The molecule has 0 bridgehead atoms. The maximum atomic E-state index is 12.0. The summed E-state index contributed by atoms with van der Waals surface area (Å²) in [5, 5.41) is 3.12. The minimum absolute atomic E-state index is 0.153. The second kappa shape index (κ2) is 6.97. The third kappa shape index (κ3) is 5.33. The van der Waals surface area contributed by atoms with Crippen LogP contribution in [0.3, 0.4) is 0 Å². The summed E-state index contributed by atoms with van der Waals surface area (Å²) in [6.45, 7) is 9.47. The highest BCUT2D eigenvalue weighted by Crippen LogP contribution is 2.37. The number of halogens is 1. The summed E-state index contributed by atoms with van der Waals surface area (Å²) in [6, 6.07) is 0. The molecule has 1 unspecified atom stereocenters. The molecule has 0 radical (unpaired) electrons. The van der Waals surface area contributed by atoms with Crippen LogP contribution in [0.5, 0.6) is 0 Å². The third-order valence-corrected chi connectivity index (χ3v) is 5.40. The van der Waals surface area contributed by atoms with Crippen LogP contribution in [0.4, 0.5) is 0 Å². The van der Waals surface area contributed by atoms with Gasteiger partial charge in [-0.05, 0) is 24.2 Å². The highest BCUT2D eigenvalue weighted by atomic mass is 35.5. The molecule has 0 heterocycles. The van der Waals surface area contributed by atoms with E-state index in [0.717, 1.165) is 19.4 Å². The van der Waals surface area contributed by atoms with Crippen LogP contribution in [0, 0.1) is 16.7 Å². The summed E-state index contributed by atoms with van der Waals surface area (Å²) in [5.41, 5.74) is 0.340. The van der Waals surface area contributed by atoms with Gasteiger partial charge in [0.25, 0.3) is 0 Å². The van der Waals surface area contributed by atoms with E-state index in [9.17, 15) is 4.79 Å². The molecule has 1 saturated carbocycles. The van der Waals surface area contributed by atoms with Gasteiger partial charge in [0.05, 0.1) is 0 Å². The lowest BCUT2D eigenvalue weighted by molar-refractivity contribution is -0.123. The quantitative estimate of drug-likeness (QED) is 0.748. The summed E-state index contributed by atoms with van der Waals surface area (Å²) in [7, 11) is 0. The molecule has 1 fully saturated rings. The molecular formula is C16H30ClNO. The Morgan fingerprint density at radius 1 is 1.26 bits per heavy atom. The van der Waals surface area contributed by atoms with Gasteiger partial charge in [0.1, 0.15) is 0 Å². The van der Waals surface area contributed by atoms with Gasteiger partial charge in [-0.25, -0.2) is 0 Å². The Balaban J connectivity index is 2.40. The molecule has 1 atom stereocenters. The zero-order valence-electron chi connectivity index (χ0n) is 13.0. The van der Waals surface area contributed by atoms with Crippen molar-refractivity contribution in [1.29, 1.82) is 0 Å². The molecule has 1 amide bonds. The fourth-order valence-electron chi connectivity index (χ4n) is 2.60. The Hall–Kier alpha value is -0.240. The number of rotatable bonds is 5. The first-order valence-corrected chi connectivity index (χ1v) is 8.15. The Morgan fingerprint density at radius 3 is 2.32 bits per heavy atom. The molecule has 1 rings (SSSR count). The average molecular weight is 288 g/mol. The molecule has 0 aromatic rings. The summed E-state index contributed by atoms with van der Waals surface area (Å²) < 4.78 is 0. The normalized spacial score (nSPS) is 20.9. The van der Waals surface area contributed by atoms with Gasteiger partial charge >= 0.3 is 0 Å². The predicted octanol–water partition coefficient (Wildman–Crippen LogP) is 4.36. The number of carbonyl (C=O) groups excluding carboxylic acids is 1. The van der Waals surface area contributed by atoms with E-state index >= 15 is 0 Å². The molecule has 3 heteroatoms. The van der Waals surface area contributed by atoms with Gasteiger partial charge in [-0.2, -0.15) is 0 Å². The van der Waals surface area contributed by atoms with Crippen molar-refractivity contribution < 1.29 is 4.79 Å². The average Bonchev–Trinajstić information content (AvgIpc) is 2.36.